The second kappa shape index (κ2) is 10.1. The summed E-state index contributed by atoms with van der Waals surface area (Å²) in [4.78, 5) is 27.4. The molecule has 0 bridgehead atoms. The Labute approximate surface area is 195 Å². The molecule has 4 rings (SSSR count). The van der Waals surface area contributed by atoms with Crippen molar-refractivity contribution in [3.63, 3.8) is 0 Å². The third-order valence-electron chi connectivity index (χ3n) is 5.18. The van der Waals surface area contributed by atoms with E-state index in [4.69, 9.17) is 26.1 Å². The van der Waals surface area contributed by atoms with Crippen molar-refractivity contribution in [2.45, 2.75) is 26.0 Å². The van der Waals surface area contributed by atoms with Crippen LogP contribution in [-0.2, 0) is 9.47 Å². The Morgan fingerprint density at radius 3 is 2.91 bits per heavy atom. The first-order chi connectivity index (χ1) is 16.0. The number of pyridine rings is 1. The highest BCUT2D eigenvalue weighted by Crippen LogP contribution is 2.33. The van der Waals surface area contributed by atoms with Gasteiger partial charge in [0.05, 0.1) is 17.2 Å². The van der Waals surface area contributed by atoms with E-state index >= 15 is 0 Å². The Balaban J connectivity index is 1.72. The van der Waals surface area contributed by atoms with E-state index in [1.54, 1.807) is 31.5 Å². The predicted octanol–water partition coefficient (Wildman–Crippen LogP) is 4.82. The summed E-state index contributed by atoms with van der Waals surface area (Å²) in [5, 5.41) is 3.05. The van der Waals surface area contributed by atoms with Gasteiger partial charge in [-0.3, -0.25) is 4.98 Å². The van der Waals surface area contributed by atoms with Crippen LogP contribution in [-0.4, -0.2) is 47.4 Å². The highest BCUT2D eigenvalue weighted by molar-refractivity contribution is 6.31. The van der Waals surface area contributed by atoms with Crippen LogP contribution in [0, 0.1) is 5.82 Å². The number of benzene rings is 1. The molecule has 3 heterocycles. The van der Waals surface area contributed by atoms with Crippen molar-refractivity contribution in [2.24, 2.45) is 0 Å². The first-order valence-electron chi connectivity index (χ1n) is 10.5. The van der Waals surface area contributed by atoms with Crippen LogP contribution in [0.4, 0.5) is 21.8 Å². The van der Waals surface area contributed by atoms with Crippen LogP contribution in [0.2, 0.25) is 5.02 Å². The molecule has 0 spiro atoms. The summed E-state index contributed by atoms with van der Waals surface area (Å²) in [6.07, 6.45) is 6.41. The zero-order valence-corrected chi connectivity index (χ0v) is 19.0. The number of carbonyl (C=O) groups excluding carboxylic acids is 1. The molecule has 0 saturated carbocycles. The van der Waals surface area contributed by atoms with E-state index in [2.05, 4.69) is 15.3 Å². The third-order valence-corrected chi connectivity index (χ3v) is 5.47. The zero-order valence-electron chi connectivity index (χ0n) is 18.2. The lowest BCUT2D eigenvalue weighted by atomic mass is 10.1. The minimum absolute atomic E-state index is 0.00447. The summed E-state index contributed by atoms with van der Waals surface area (Å²) in [7, 11) is 1.89. The van der Waals surface area contributed by atoms with Gasteiger partial charge < -0.3 is 19.7 Å². The molecule has 1 aliphatic heterocycles. The number of ether oxygens (including phenoxy) is 2. The molecule has 0 amide bonds. The summed E-state index contributed by atoms with van der Waals surface area (Å²) in [5.74, 6) is -0.0641. The second-order valence-corrected chi connectivity index (χ2v) is 7.85. The molecule has 1 saturated heterocycles. The molecule has 8 nitrogen and oxygen atoms in total. The second-order valence-electron chi connectivity index (χ2n) is 7.45. The summed E-state index contributed by atoms with van der Waals surface area (Å²) in [6, 6.07) is 5.98. The van der Waals surface area contributed by atoms with Gasteiger partial charge in [0.25, 0.3) is 0 Å². The topological polar surface area (TPSA) is 89.5 Å². The van der Waals surface area contributed by atoms with Gasteiger partial charge in [0, 0.05) is 49.1 Å². The number of anilines is 3. The average molecular weight is 472 g/mol. The smallest absolute Gasteiger partial charge is 0.339 e. The molecule has 172 valence electrons. The Morgan fingerprint density at radius 1 is 1.33 bits per heavy atom. The number of carbonyl (C=O) groups is 1. The monoisotopic (exact) mass is 471 g/mol. The molecule has 0 radical (unpaired) electrons. The fourth-order valence-electron chi connectivity index (χ4n) is 3.52. The fraction of sp³-hybridized carbons (Fsp3) is 0.304. The molecule has 10 heteroatoms. The van der Waals surface area contributed by atoms with E-state index < -0.39 is 11.8 Å². The van der Waals surface area contributed by atoms with Crippen LogP contribution in [0.15, 0.2) is 42.9 Å². The van der Waals surface area contributed by atoms with Crippen molar-refractivity contribution < 1.29 is 18.7 Å². The standard InChI is InChI=1S/C23H23ClFN5O3/c1-3-32-22(31)15-9-14(11-26-12-15)17-13-27-23(28-16-6-7-19(25)18(24)10-16)29-21(17)30(2)20-5-4-8-33-20/h6-7,9-13,20H,3-5,8H2,1-2H3,(H,27,28,29). The lowest BCUT2D eigenvalue weighted by molar-refractivity contribution is 0.0526. The number of esters is 1. The molecule has 1 atom stereocenters. The van der Waals surface area contributed by atoms with Gasteiger partial charge in [-0.2, -0.15) is 4.98 Å². The van der Waals surface area contributed by atoms with E-state index in [1.807, 2.05) is 11.9 Å². The maximum absolute atomic E-state index is 13.5. The third kappa shape index (κ3) is 5.20. The van der Waals surface area contributed by atoms with Crippen LogP contribution in [0.3, 0.4) is 0 Å². The summed E-state index contributed by atoms with van der Waals surface area (Å²) < 4.78 is 24.4. The van der Waals surface area contributed by atoms with Crippen molar-refractivity contribution in [3.05, 3.63) is 59.3 Å². The van der Waals surface area contributed by atoms with Crippen molar-refractivity contribution in [1.29, 1.82) is 0 Å². The highest BCUT2D eigenvalue weighted by Gasteiger charge is 2.25. The number of nitrogens with zero attached hydrogens (tertiary/aromatic N) is 4. The molecule has 1 aromatic carbocycles. The first-order valence-corrected chi connectivity index (χ1v) is 10.9. The number of halogens is 2. The largest absolute Gasteiger partial charge is 0.462 e. The first kappa shape index (κ1) is 22.9. The number of aromatic nitrogens is 3. The average Bonchev–Trinajstić information content (AvgIpc) is 3.36. The predicted molar refractivity (Wildman–Crippen MR) is 123 cm³/mol. The van der Waals surface area contributed by atoms with E-state index in [0.717, 1.165) is 12.8 Å². The summed E-state index contributed by atoms with van der Waals surface area (Å²) in [5.41, 5.74) is 2.22. The van der Waals surface area contributed by atoms with E-state index in [0.29, 0.717) is 40.8 Å². The Kier molecular flexibility index (Phi) is 7.00. The minimum Gasteiger partial charge on any atom is -0.462 e. The maximum Gasteiger partial charge on any atom is 0.339 e. The molecule has 33 heavy (non-hydrogen) atoms. The molecular formula is C23H23ClFN5O3. The van der Waals surface area contributed by atoms with Gasteiger partial charge in [-0.25, -0.2) is 14.2 Å². The van der Waals surface area contributed by atoms with Crippen LogP contribution in [0.5, 0.6) is 0 Å². The molecule has 1 unspecified atom stereocenters. The Bertz CT molecular complexity index is 1160. The number of nitrogens with one attached hydrogen (secondary N) is 1. The van der Waals surface area contributed by atoms with Gasteiger partial charge in [-0.1, -0.05) is 11.6 Å². The van der Waals surface area contributed by atoms with E-state index in [-0.39, 0.29) is 17.9 Å². The maximum atomic E-state index is 13.5. The normalized spacial score (nSPS) is 15.3. The van der Waals surface area contributed by atoms with Crippen LogP contribution in [0.1, 0.15) is 30.1 Å². The molecule has 1 aliphatic rings. The molecule has 0 aliphatic carbocycles. The SMILES string of the molecule is CCOC(=O)c1cncc(-c2cnc(Nc3ccc(F)c(Cl)c3)nc2N(C)C2CCCO2)c1. The van der Waals surface area contributed by atoms with Crippen molar-refractivity contribution >= 4 is 35.0 Å². The van der Waals surface area contributed by atoms with E-state index in [1.165, 1.54) is 18.3 Å². The van der Waals surface area contributed by atoms with Gasteiger partial charge in [-0.15, -0.1) is 0 Å². The van der Waals surface area contributed by atoms with Crippen LogP contribution in [0.25, 0.3) is 11.1 Å². The van der Waals surface area contributed by atoms with Gasteiger partial charge in [0.15, 0.2) is 0 Å². The molecule has 1 fully saturated rings. The fourth-order valence-corrected chi connectivity index (χ4v) is 3.70. The lowest BCUT2D eigenvalue weighted by Crippen LogP contribution is -2.32. The minimum atomic E-state index is -0.508. The molecular weight excluding hydrogens is 449 g/mol. The van der Waals surface area contributed by atoms with Crippen LogP contribution >= 0.6 is 11.6 Å². The number of hydrogen-bond acceptors (Lipinski definition) is 8. The summed E-state index contributed by atoms with van der Waals surface area (Å²) >= 11 is 5.89. The van der Waals surface area contributed by atoms with Crippen molar-refractivity contribution in [1.82, 2.24) is 15.0 Å². The Morgan fingerprint density at radius 2 is 2.18 bits per heavy atom. The van der Waals surface area contributed by atoms with Gasteiger partial charge in [-0.05, 0) is 44.0 Å². The molecule has 2 aromatic heterocycles. The Hall–Kier alpha value is -3.30. The lowest BCUT2D eigenvalue weighted by Gasteiger charge is -2.27. The van der Waals surface area contributed by atoms with Crippen molar-refractivity contribution in [2.75, 3.05) is 30.5 Å². The molecule has 3 aromatic rings. The van der Waals surface area contributed by atoms with Gasteiger partial charge in [0.1, 0.15) is 17.9 Å². The summed E-state index contributed by atoms with van der Waals surface area (Å²) in [6.45, 7) is 2.69. The van der Waals surface area contributed by atoms with Crippen molar-refractivity contribution in [3.8, 4) is 11.1 Å². The quantitative estimate of drug-likeness (QED) is 0.490. The van der Waals surface area contributed by atoms with Crippen LogP contribution < -0.4 is 10.2 Å². The zero-order chi connectivity index (χ0) is 23.4. The number of rotatable bonds is 7. The van der Waals surface area contributed by atoms with Gasteiger partial charge in [0.2, 0.25) is 5.95 Å². The van der Waals surface area contributed by atoms with E-state index in [9.17, 15) is 9.18 Å². The van der Waals surface area contributed by atoms with Gasteiger partial charge >= 0.3 is 5.97 Å². The number of hydrogen-bond donors (Lipinski definition) is 1. The highest BCUT2D eigenvalue weighted by atomic mass is 35.5. The molecule has 1 N–H and O–H groups in total.